The Hall–Kier alpha value is -5.98. The topological polar surface area (TPSA) is 0 Å². The lowest BCUT2D eigenvalue weighted by atomic mass is 9.92. The third-order valence-electron chi connectivity index (χ3n) is 10.5. The Morgan fingerprint density at radius 1 is 0.458 bits per heavy atom. The molecule has 8 aromatic rings. The fourth-order valence-electron chi connectivity index (χ4n) is 8.18. The van der Waals surface area contributed by atoms with Crippen molar-refractivity contribution in [2.45, 2.75) is 12.8 Å². The van der Waals surface area contributed by atoms with Gasteiger partial charge in [0.15, 0.2) is 0 Å². The minimum atomic E-state index is 0.868. The van der Waals surface area contributed by atoms with Crippen LogP contribution in [0.5, 0.6) is 0 Å². The normalized spacial score (nSPS) is 12.7. The van der Waals surface area contributed by atoms with Gasteiger partial charge in [-0.2, -0.15) is 0 Å². The van der Waals surface area contributed by atoms with Gasteiger partial charge in [0.2, 0.25) is 0 Å². The van der Waals surface area contributed by atoms with Gasteiger partial charge in [-0.15, -0.1) is 0 Å². The quantitative estimate of drug-likeness (QED) is 0.182. The van der Waals surface area contributed by atoms with Gasteiger partial charge in [0.1, 0.15) is 0 Å². The standard InChI is InChI=1S/C48H32/c1-2-10-34(11-3-1)40(35-23-20-33(21-24-35)37-25-22-32-9-4-5-12-36(32)28-37)26-18-31-17-19-38-29-46-45(44(38)27-31)30-39-13-8-16-42-41-14-6-7-15-43(41)48(46)47(39)42/h1-17,19-28,30H,18,29H2/b40-26-. The first-order valence-corrected chi connectivity index (χ1v) is 16.9. The zero-order valence-electron chi connectivity index (χ0n) is 26.6. The summed E-state index contributed by atoms with van der Waals surface area (Å²) in [7, 11) is 0. The molecule has 0 fully saturated rings. The molecular weight excluding hydrogens is 577 g/mol. The number of hydrogen-bond donors (Lipinski definition) is 0. The van der Waals surface area contributed by atoms with Crippen molar-refractivity contribution in [3.63, 3.8) is 0 Å². The van der Waals surface area contributed by atoms with E-state index in [9.17, 15) is 0 Å². The van der Waals surface area contributed by atoms with E-state index in [-0.39, 0.29) is 0 Å². The van der Waals surface area contributed by atoms with Crippen molar-refractivity contribution in [2.75, 3.05) is 0 Å². The maximum atomic E-state index is 2.45. The highest BCUT2D eigenvalue weighted by molar-refractivity contribution is 6.18. The Kier molecular flexibility index (Phi) is 6.11. The maximum absolute atomic E-state index is 2.45. The number of fused-ring (bicyclic) bond motifs is 8. The zero-order chi connectivity index (χ0) is 31.6. The molecule has 0 aromatic heterocycles. The van der Waals surface area contributed by atoms with Gasteiger partial charge >= 0.3 is 0 Å². The average Bonchev–Trinajstić information content (AvgIpc) is 3.69. The molecule has 2 aliphatic carbocycles. The summed E-state index contributed by atoms with van der Waals surface area (Å²) in [5.74, 6) is 0. The molecule has 0 atom stereocenters. The molecule has 0 spiro atoms. The molecule has 0 N–H and O–H groups in total. The van der Waals surface area contributed by atoms with Crippen LogP contribution in [0.2, 0.25) is 0 Å². The Labute approximate surface area is 281 Å². The molecule has 224 valence electrons. The van der Waals surface area contributed by atoms with Gasteiger partial charge in [0, 0.05) is 0 Å². The van der Waals surface area contributed by atoms with Crippen molar-refractivity contribution in [3.8, 4) is 44.5 Å². The smallest absolute Gasteiger partial charge is 0.000705 e. The number of allylic oxidation sites excluding steroid dienone is 1. The predicted octanol–water partition coefficient (Wildman–Crippen LogP) is 12.6. The van der Waals surface area contributed by atoms with Crippen LogP contribution in [-0.4, -0.2) is 0 Å². The summed E-state index contributed by atoms with van der Waals surface area (Å²) in [6.45, 7) is 0. The molecule has 0 bridgehead atoms. The van der Waals surface area contributed by atoms with Crippen LogP contribution < -0.4 is 0 Å². The molecular formula is C48H32. The minimum absolute atomic E-state index is 0.868. The van der Waals surface area contributed by atoms with Gasteiger partial charge in [0.25, 0.3) is 0 Å². The van der Waals surface area contributed by atoms with Gasteiger partial charge in [-0.1, -0.05) is 158 Å². The summed E-state index contributed by atoms with van der Waals surface area (Å²) < 4.78 is 0. The highest BCUT2D eigenvalue weighted by atomic mass is 14.3. The fourth-order valence-corrected chi connectivity index (χ4v) is 8.18. The molecule has 0 radical (unpaired) electrons. The van der Waals surface area contributed by atoms with E-state index in [1.165, 1.54) is 99.4 Å². The van der Waals surface area contributed by atoms with Crippen LogP contribution in [0.4, 0.5) is 0 Å². The minimum Gasteiger partial charge on any atom is -0.0717 e. The van der Waals surface area contributed by atoms with Crippen LogP contribution in [0.1, 0.15) is 27.8 Å². The monoisotopic (exact) mass is 608 g/mol. The average molecular weight is 609 g/mol. The lowest BCUT2D eigenvalue weighted by Gasteiger charge is -2.12. The second-order valence-electron chi connectivity index (χ2n) is 13.2. The predicted molar refractivity (Wildman–Crippen MR) is 203 cm³/mol. The number of hydrogen-bond acceptors (Lipinski definition) is 0. The highest BCUT2D eigenvalue weighted by Gasteiger charge is 2.29. The van der Waals surface area contributed by atoms with Crippen molar-refractivity contribution in [1.82, 2.24) is 0 Å². The van der Waals surface area contributed by atoms with E-state index in [2.05, 4.69) is 170 Å². The van der Waals surface area contributed by atoms with E-state index in [0.29, 0.717) is 0 Å². The molecule has 0 amide bonds. The second-order valence-corrected chi connectivity index (χ2v) is 13.2. The van der Waals surface area contributed by atoms with Crippen molar-refractivity contribution in [1.29, 1.82) is 0 Å². The summed E-state index contributed by atoms with van der Waals surface area (Å²) in [6, 6.07) is 60.6. The fraction of sp³-hybridized carbons (Fsp3) is 0.0417. The molecule has 0 nitrogen and oxygen atoms in total. The molecule has 0 heteroatoms. The Morgan fingerprint density at radius 2 is 1.17 bits per heavy atom. The summed E-state index contributed by atoms with van der Waals surface area (Å²) in [5.41, 5.74) is 18.9. The van der Waals surface area contributed by atoms with Crippen LogP contribution in [0.25, 0.3) is 71.6 Å². The van der Waals surface area contributed by atoms with E-state index in [4.69, 9.17) is 0 Å². The zero-order valence-corrected chi connectivity index (χ0v) is 26.6. The van der Waals surface area contributed by atoms with E-state index in [0.717, 1.165) is 12.8 Å². The lowest BCUT2D eigenvalue weighted by molar-refractivity contribution is 1.23. The number of rotatable bonds is 5. The van der Waals surface area contributed by atoms with E-state index in [1.54, 1.807) is 0 Å². The van der Waals surface area contributed by atoms with E-state index < -0.39 is 0 Å². The van der Waals surface area contributed by atoms with E-state index >= 15 is 0 Å². The van der Waals surface area contributed by atoms with Crippen LogP contribution in [0, 0.1) is 0 Å². The number of benzene rings is 8. The maximum Gasteiger partial charge on any atom is -0.000705 e. The first kappa shape index (κ1) is 27.2. The summed E-state index contributed by atoms with van der Waals surface area (Å²) in [4.78, 5) is 0. The molecule has 0 saturated carbocycles. The van der Waals surface area contributed by atoms with Gasteiger partial charge in [-0.3, -0.25) is 0 Å². The third-order valence-corrected chi connectivity index (χ3v) is 10.5. The van der Waals surface area contributed by atoms with Crippen molar-refractivity contribution >= 4 is 27.1 Å². The molecule has 0 saturated heterocycles. The van der Waals surface area contributed by atoms with Crippen LogP contribution in [0.3, 0.4) is 0 Å². The molecule has 0 unspecified atom stereocenters. The molecule has 8 aromatic carbocycles. The second kappa shape index (κ2) is 10.8. The highest BCUT2D eigenvalue weighted by Crippen LogP contribution is 2.53. The summed E-state index contributed by atoms with van der Waals surface area (Å²) in [6.07, 6.45) is 4.28. The molecule has 48 heavy (non-hydrogen) atoms. The van der Waals surface area contributed by atoms with E-state index in [1.807, 2.05) is 0 Å². The largest absolute Gasteiger partial charge is 0.0717 e. The van der Waals surface area contributed by atoms with Crippen LogP contribution in [0.15, 0.2) is 170 Å². The van der Waals surface area contributed by atoms with Gasteiger partial charge in [0.05, 0.1) is 0 Å². The Bertz CT molecular complexity index is 2580. The van der Waals surface area contributed by atoms with Gasteiger partial charge in [-0.05, 0) is 124 Å². The first-order valence-electron chi connectivity index (χ1n) is 16.9. The van der Waals surface area contributed by atoms with Crippen LogP contribution in [-0.2, 0) is 12.8 Å². The molecule has 10 rings (SSSR count). The van der Waals surface area contributed by atoms with Crippen molar-refractivity contribution in [2.24, 2.45) is 0 Å². The van der Waals surface area contributed by atoms with Crippen molar-refractivity contribution in [3.05, 3.63) is 198 Å². The first-order chi connectivity index (χ1) is 23.8. The third kappa shape index (κ3) is 4.30. The molecule has 2 aliphatic rings. The molecule has 0 aliphatic heterocycles. The molecule has 0 heterocycles. The Morgan fingerprint density at radius 3 is 2.04 bits per heavy atom. The Balaban J connectivity index is 1.01. The van der Waals surface area contributed by atoms with Gasteiger partial charge in [-0.25, -0.2) is 0 Å². The summed E-state index contributed by atoms with van der Waals surface area (Å²) in [5, 5.41) is 5.31. The SMILES string of the molecule is C(/Cc1ccc2c(c1)-c1cc3cccc4c3c(c1C2)-c1ccccc1-4)=C(\c1ccccc1)c1ccc(-c2ccc3ccccc3c2)cc1. The van der Waals surface area contributed by atoms with Crippen molar-refractivity contribution < 1.29 is 0 Å². The lowest BCUT2D eigenvalue weighted by Crippen LogP contribution is -1.92. The van der Waals surface area contributed by atoms with Crippen LogP contribution >= 0.6 is 0 Å². The summed E-state index contributed by atoms with van der Waals surface area (Å²) >= 11 is 0. The van der Waals surface area contributed by atoms with Gasteiger partial charge < -0.3 is 0 Å².